The zero-order chi connectivity index (χ0) is 11.8. The van der Waals surface area contributed by atoms with E-state index in [4.69, 9.17) is 0 Å². The summed E-state index contributed by atoms with van der Waals surface area (Å²) in [6, 6.07) is 0. The average Bonchev–Trinajstić information content (AvgIpc) is 2.97. The van der Waals surface area contributed by atoms with E-state index in [2.05, 4.69) is 17.1 Å². The van der Waals surface area contributed by atoms with Gasteiger partial charge in [-0.05, 0) is 25.7 Å². The molecule has 1 aliphatic carbocycles. The van der Waals surface area contributed by atoms with Crippen molar-refractivity contribution in [3.63, 3.8) is 0 Å². The Hall–Kier alpha value is -0.130. The number of piperazine rings is 1. The van der Waals surface area contributed by atoms with Crippen LogP contribution in [-0.4, -0.2) is 57.0 Å². The smallest absolute Gasteiger partial charge is 0.148 e. The largest absolute Gasteiger partial charge is 0.309 e. The molecule has 1 atom stereocenters. The van der Waals surface area contributed by atoms with Crippen molar-refractivity contribution in [1.82, 2.24) is 10.2 Å². The minimum Gasteiger partial charge on any atom is -0.309 e. The highest BCUT2D eigenvalue weighted by atomic mass is 32.2. The number of rotatable bonds is 4. The zero-order valence-electron chi connectivity index (χ0n) is 10.2. The normalized spacial score (nSPS) is 32.9. The highest BCUT2D eigenvalue weighted by Crippen LogP contribution is 2.40. The third-order valence-corrected chi connectivity index (χ3v) is 4.69. The van der Waals surface area contributed by atoms with Gasteiger partial charge >= 0.3 is 0 Å². The average molecular weight is 246 g/mol. The summed E-state index contributed by atoms with van der Waals surface area (Å²) in [7, 11) is -2.83. The van der Waals surface area contributed by atoms with Crippen LogP contribution in [0.3, 0.4) is 0 Å². The van der Waals surface area contributed by atoms with Crippen LogP contribution < -0.4 is 5.32 Å². The Balaban J connectivity index is 1.87. The van der Waals surface area contributed by atoms with Crippen LogP contribution in [0.4, 0.5) is 0 Å². The highest BCUT2D eigenvalue weighted by Gasteiger charge is 2.43. The molecule has 16 heavy (non-hydrogen) atoms. The molecular formula is C11H22N2O2S. The second-order valence-electron chi connectivity index (χ2n) is 5.52. The van der Waals surface area contributed by atoms with Gasteiger partial charge in [0.1, 0.15) is 9.84 Å². The Labute approximate surface area is 98.3 Å². The monoisotopic (exact) mass is 246 g/mol. The topological polar surface area (TPSA) is 49.4 Å². The molecule has 5 heteroatoms. The zero-order valence-corrected chi connectivity index (χ0v) is 11.0. The summed E-state index contributed by atoms with van der Waals surface area (Å²) < 4.78 is 22.3. The van der Waals surface area contributed by atoms with E-state index in [-0.39, 0.29) is 11.3 Å². The van der Waals surface area contributed by atoms with Crippen molar-refractivity contribution >= 4 is 9.84 Å². The van der Waals surface area contributed by atoms with Crippen LogP contribution in [0.5, 0.6) is 0 Å². The van der Waals surface area contributed by atoms with Crippen LogP contribution in [0.1, 0.15) is 19.8 Å². The first kappa shape index (κ1) is 12.3. The maximum absolute atomic E-state index is 11.1. The number of nitrogens with zero attached hydrogens (tertiary/aromatic N) is 1. The molecule has 0 spiro atoms. The second-order valence-corrected chi connectivity index (χ2v) is 7.78. The van der Waals surface area contributed by atoms with E-state index in [9.17, 15) is 8.42 Å². The van der Waals surface area contributed by atoms with Gasteiger partial charge in [0.05, 0.1) is 5.75 Å². The molecule has 1 saturated carbocycles. The Morgan fingerprint density at radius 2 is 2.12 bits per heavy atom. The second kappa shape index (κ2) is 4.27. The molecular weight excluding hydrogens is 224 g/mol. The van der Waals surface area contributed by atoms with Gasteiger partial charge in [0, 0.05) is 38.0 Å². The van der Waals surface area contributed by atoms with Gasteiger partial charge in [0.25, 0.3) is 0 Å². The lowest BCUT2D eigenvalue weighted by Gasteiger charge is -2.42. The molecule has 0 amide bonds. The fourth-order valence-electron chi connectivity index (χ4n) is 2.58. The van der Waals surface area contributed by atoms with Crippen molar-refractivity contribution in [3.8, 4) is 0 Å². The quantitative estimate of drug-likeness (QED) is 0.764. The van der Waals surface area contributed by atoms with Crippen molar-refractivity contribution in [2.75, 3.05) is 38.2 Å². The standard InChI is InChI=1S/C11H22N2O2S/c1-11(10-3-4-10)9-13(6-5-12-11)7-8-16(2,14)15/h10,12H,3-9H2,1-2H3. The Bertz CT molecular complexity index is 351. The fraction of sp³-hybridized carbons (Fsp3) is 1.00. The lowest BCUT2D eigenvalue weighted by Crippen LogP contribution is -2.60. The first-order chi connectivity index (χ1) is 7.39. The fourth-order valence-corrected chi connectivity index (χ4v) is 3.17. The first-order valence-corrected chi connectivity index (χ1v) is 8.10. The van der Waals surface area contributed by atoms with Crippen molar-refractivity contribution in [3.05, 3.63) is 0 Å². The van der Waals surface area contributed by atoms with E-state index in [1.54, 1.807) is 0 Å². The maximum atomic E-state index is 11.1. The van der Waals surface area contributed by atoms with Crippen LogP contribution in [0, 0.1) is 5.92 Å². The van der Waals surface area contributed by atoms with Crippen LogP contribution in [0.15, 0.2) is 0 Å². The summed E-state index contributed by atoms with van der Waals surface area (Å²) in [5, 5.41) is 3.59. The summed E-state index contributed by atoms with van der Waals surface area (Å²) in [4.78, 5) is 2.29. The molecule has 1 N–H and O–H groups in total. The SMILES string of the molecule is CC1(C2CC2)CN(CCS(C)(=O)=O)CCN1. The third-order valence-electron chi connectivity index (χ3n) is 3.77. The predicted octanol–water partition coefficient (Wildman–Crippen LogP) is 0.105. The predicted molar refractivity (Wildman–Crippen MR) is 65.3 cm³/mol. The van der Waals surface area contributed by atoms with Gasteiger partial charge in [-0.2, -0.15) is 0 Å². The van der Waals surface area contributed by atoms with E-state index in [1.165, 1.54) is 19.1 Å². The summed E-state index contributed by atoms with van der Waals surface area (Å²) in [6.45, 7) is 5.90. The van der Waals surface area contributed by atoms with E-state index in [1.807, 2.05) is 0 Å². The van der Waals surface area contributed by atoms with Crippen molar-refractivity contribution in [2.24, 2.45) is 5.92 Å². The van der Waals surface area contributed by atoms with Gasteiger partial charge in [0.2, 0.25) is 0 Å². The minimum atomic E-state index is -2.83. The highest BCUT2D eigenvalue weighted by molar-refractivity contribution is 7.90. The molecule has 0 aromatic carbocycles. The van der Waals surface area contributed by atoms with E-state index >= 15 is 0 Å². The Morgan fingerprint density at radius 1 is 1.44 bits per heavy atom. The lowest BCUT2D eigenvalue weighted by molar-refractivity contribution is 0.133. The number of nitrogens with one attached hydrogen (secondary N) is 1. The number of hydrogen-bond acceptors (Lipinski definition) is 4. The molecule has 0 aromatic rings. The molecule has 2 fully saturated rings. The van der Waals surface area contributed by atoms with Gasteiger partial charge in [-0.15, -0.1) is 0 Å². The first-order valence-electron chi connectivity index (χ1n) is 6.04. The number of sulfone groups is 1. The molecule has 4 nitrogen and oxygen atoms in total. The van der Waals surface area contributed by atoms with Crippen molar-refractivity contribution < 1.29 is 8.42 Å². The Kier molecular flexibility index (Phi) is 3.29. The summed E-state index contributed by atoms with van der Waals surface area (Å²) in [5.74, 6) is 1.09. The van der Waals surface area contributed by atoms with E-state index in [0.717, 1.165) is 25.6 Å². The van der Waals surface area contributed by atoms with Gasteiger partial charge in [-0.1, -0.05) is 0 Å². The molecule has 2 rings (SSSR count). The number of hydrogen-bond donors (Lipinski definition) is 1. The Morgan fingerprint density at radius 3 is 2.69 bits per heavy atom. The molecule has 1 unspecified atom stereocenters. The minimum absolute atomic E-state index is 0.218. The van der Waals surface area contributed by atoms with Crippen molar-refractivity contribution in [1.29, 1.82) is 0 Å². The molecule has 0 radical (unpaired) electrons. The van der Waals surface area contributed by atoms with Crippen LogP contribution >= 0.6 is 0 Å². The summed E-state index contributed by atoms with van der Waals surface area (Å²) in [6.07, 6.45) is 3.96. The molecule has 1 saturated heterocycles. The molecule has 1 heterocycles. The van der Waals surface area contributed by atoms with Crippen LogP contribution in [-0.2, 0) is 9.84 Å². The van der Waals surface area contributed by atoms with Crippen LogP contribution in [0.25, 0.3) is 0 Å². The molecule has 94 valence electrons. The third kappa shape index (κ3) is 3.18. The summed E-state index contributed by atoms with van der Waals surface area (Å²) in [5.41, 5.74) is 0.218. The summed E-state index contributed by atoms with van der Waals surface area (Å²) >= 11 is 0. The van der Waals surface area contributed by atoms with Gasteiger partial charge in [-0.25, -0.2) is 8.42 Å². The van der Waals surface area contributed by atoms with Gasteiger partial charge < -0.3 is 5.32 Å². The van der Waals surface area contributed by atoms with Gasteiger partial charge in [0.15, 0.2) is 0 Å². The molecule has 2 aliphatic rings. The molecule has 1 aliphatic heterocycles. The van der Waals surface area contributed by atoms with E-state index < -0.39 is 9.84 Å². The van der Waals surface area contributed by atoms with Gasteiger partial charge in [-0.3, -0.25) is 4.90 Å². The van der Waals surface area contributed by atoms with E-state index in [0.29, 0.717) is 6.54 Å². The van der Waals surface area contributed by atoms with Crippen molar-refractivity contribution in [2.45, 2.75) is 25.3 Å². The molecule has 0 bridgehead atoms. The van der Waals surface area contributed by atoms with Crippen LogP contribution in [0.2, 0.25) is 0 Å². The lowest BCUT2D eigenvalue weighted by atomic mass is 9.93. The maximum Gasteiger partial charge on any atom is 0.148 e. The molecule has 0 aromatic heterocycles.